The molecule has 8 heteroatoms. The smallest absolute Gasteiger partial charge is 0.231 e. The third-order valence-corrected chi connectivity index (χ3v) is 4.56. The van der Waals surface area contributed by atoms with Crippen LogP contribution in [0.4, 0.5) is 0 Å². The summed E-state index contributed by atoms with van der Waals surface area (Å²) < 4.78 is 0. The van der Waals surface area contributed by atoms with Gasteiger partial charge in [-0.15, -0.1) is 0 Å². The summed E-state index contributed by atoms with van der Waals surface area (Å²) in [6.45, 7) is 1.26. The summed E-state index contributed by atoms with van der Waals surface area (Å²) >= 11 is 11.9. The fourth-order valence-electron chi connectivity index (χ4n) is 2.87. The number of rotatable bonds is 6. The molecule has 1 saturated heterocycles. The van der Waals surface area contributed by atoms with E-state index in [4.69, 9.17) is 28.9 Å². The van der Waals surface area contributed by atoms with Crippen LogP contribution in [0.3, 0.4) is 0 Å². The van der Waals surface area contributed by atoms with Gasteiger partial charge < -0.3 is 16.2 Å². The largest absolute Gasteiger partial charge is 0.394 e. The lowest BCUT2D eigenvalue weighted by Crippen LogP contribution is -2.44. The summed E-state index contributed by atoms with van der Waals surface area (Å²) in [6, 6.07) is 4.38. The van der Waals surface area contributed by atoms with Gasteiger partial charge in [0.25, 0.3) is 0 Å². The van der Waals surface area contributed by atoms with Gasteiger partial charge in [0.1, 0.15) is 0 Å². The monoisotopic (exact) mass is 373 g/mol. The Morgan fingerprint density at radius 2 is 1.83 bits per heavy atom. The highest BCUT2D eigenvalue weighted by Crippen LogP contribution is 2.24. The Balaban J connectivity index is 1.94. The second-order valence-electron chi connectivity index (χ2n) is 5.96. The van der Waals surface area contributed by atoms with Crippen LogP contribution < -0.4 is 11.1 Å². The number of nitrogens with one attached hydrogen (secondary N) is 1. The minimum atomic E-state index is -0.558. The third-order valence-electron chi connectivity index (χ3n) is 4.12. The second kappa shape index (κ2) is 8.67. The summed E-state index contributed by atoms with van der Waals surface area (Å²) in [4.78, 5) is 25.3. The number of primary amides is 1. The molecule has 0 aliphatic carbocycles. The molecule has 6 nitrogen and oxygen atoms in total. The highest BCUT2D eigenvalue weighted by Gasteiger charge is 2.27. The van der Waals surface area contributed by atoms with Crippen molar-refractivity contribution in [3.05, 3.63) is 33.8 Å². The number of hydrogen-bond acceptors (Lipinski definition) is 4. The average Bonchev–Trinajstić information content (AvgIpc) is 2.51. The van der Waals surface area contributed by atoms with Gasteiger partial charge >= 0.3 is 0 Å². The number of aliphatic hydroxyl groups is 1. The van der Waals surface area contributed by atoms with E-state index in [1.54, 1.807) is 18.2 Å². The standard InChI is InChI=1S/C16H21Cl2N3O3/c17-12-5-11(6-13(18)7-12)14(9-22)20-16(24)10-1-3-21(4-2-10)8-15(19)23/h5-7,10,14,22H,1-4,8-9H2,(H2,19,23)(H,20,24)/t14-/m1/s1. The molecule has 132 valence electrons. The van der Waals surface area contributed by atoms with Crippen molar-refractivity contribution < 1.29 is 14.7 Å². The summed E-state index contributed by atoms with van der Waals surface area (Å²) in [7, 11) is 0. The third kappa shape index (κ3) is 5.34. The Morgan fingerprint density at radius 1 is 1.25 bits per heavy atom. The van der Waals surface area contributed by atoms with Crippen molar-refractivity contribution in [1.82, 2.24) is 10.2 Å². The molecule has 0 radical (unpaired) electrons. The normalized spacial score (nSPS) is 17.5. The number of piperidine rings is 1. The van der Waals surface area contributed by atoms with Crippen LogP contribution in [-0.4, -0.2) is 48.1 Å². The zero-order valence-electron chi connectivity index (χ0n) is 13.2. The number of benzene rings is 1. The van der Waals surface area contributed by atoms with Gasteiger partial charge in [0.15, 0.2) is 0 Å². The molecule has 0 aromatic heterocycles. The van der Waals surface area contributed by atoms with E-state index in [-0.39, 0.29) is 30.9 Å². The first kappa shape index (κ1) is 19.0. The Morgan fingerprint density at radius 3 is 2.33 bits per heavy atom. The molecule has 1 aromatic carbocycles. The maximum absolute atomic E-state index is 12.4. The molecule has 2 amide bonds. The fourth-order valence-corrected chi connectivity index (χ4v) is 3.42. The van der Waals surface area contributed by atoms with Crippen LogP contribution in [0, 0.1) is 5.92 Å². The van der Waals surface area contributed by atoms with E-state index in [1.807, 2.05) is 4.90 Å². The van der Waals surface area contributed by atoms with Crippen LogP contribution in [0.5, 0.6) is 0 Å². The number of hydrogen-bond donors (Lipinski definition) is 3. The van der Waals surface area contributed by atoms with E-state index in [0.717, 1.165) is 0 Å². The predicted octanol–water partition coefficient (Wildman–Crippen LogP) is 1.34. The predicted molar refractivity (Wildman–Crippen MR) is 92.8 cm³/mol. The highest BCUT2D eigenvalue weighted by atomic mass is 35.5. The molecule has 0 spiro atoms. The van der Waals surface area contributed by atoms with E-state index >= 15 is 0 Å². The molecule has 4 N–H and O–H groups in total. The van der Waals surface area contributed by atoms with Crippen LogP contribution in [0.2, 0.25) is 10.0 Å². The quantitative estimate of drug-likeness (QED) is 0.700. The Labute approximate surface area is 150 Å². The minimum absolute atomic E-state index is 0.121. The van der Waals surface area contributed by atoms with Gasteiger partial charge in [-0.2, -0.15) is 0 Å². The van der Waals surface area contributed by atoms with Crippen molar-refractivity contribution in [3.8, 4) is 0 Å². The number of likely N-dealkylation sites (tertiary alicyclic amines) is 1. The van der Waals surface area contributed by atoms with Gasteiger partial charge in [0, 0.05) is 16.0 Å². The van der Waals surface area contributed by atoms with E-state index in [1.165, 1.54) is 0 Å². The minimum Gasteiger partial charge on any atom is -0.394 e. The molecular weight excluding hydrogens is 353 g/mol. The lowest BCUT2D eigenvalue weighted by molar-refractivity contribution is -0.127. The van der Waals surface area contributed by atoms with Crippen molar-refractivity contribution in [2.75, 3.05) is 26.2 Å². The molecule has 1 atom stereocenters. The topological polar surface area (TPSA) is 95.7 Å². The average molecular weight is 374 g/mol. The summed E-state index contributed by atoms with van der Waals surface area (Å²) in [5.41, 5.74) is 5.84. The van der Waals surface area contributed by atoms with Crippen molar-refractivity contribution in [3.63, 3.8) is 0 Å². The lowest BCUT2D eigenvalue weighted by atomic mass is 9.95. The molecule has 0 unspecified atom stereocenters. The number of nitrogens with zero attached hydrogens (tertiary/aromatic N) is 1. The second-order valence-corrected chi connectivity index (χ2v) is 6.84. The zero-order valence-corrected chi connectivity index (χ0v) is 14.7. The number of amides is 2. The fraction of sp³-hybridized carbons (Fsp3) is 0.500. The van der Waals surface area contributed by atoms with Crippen LogP contribution in [0.15, 0.2) is 18.2 Å². The summed E-state index contributed by atoms with van der Waals surface area (Å²) in [6.07, 6.45) is 1.29. The van der Waals surface area contributed by atoms with E-state index in [2.05, 4.69) is 5.32 Å². The molecule has 0 bridgehead atoms. The van der Waals surface area contributed by atoms with E-state index in [9.17, 15) is 14.7 Å². The number of aliphatic hydroxyl groups excluding tert-OH is 1. The van der Waals surface area contributed by atoms with Gasteiger partial charge in [-0.1, -0.05) is 23.2 Å². The summed E-state index contributed by atoms with van der Waals surface area (Å²) in [5.74, 6) is -0.641. The van der Waals surface area contributed by atoms with Crippen LogP contribution in [0.25, 0.3) is 0 Å². The van der Waals surface area contributed by atoms with Gasteiger partial charge in [0.05, 0.1) is 19.2 Å². The Hall–Kier alpha value is -1.34. The molecule has 1 heterocycles. The molecular formula is C16H21Cl2N3O3. The van der Waals surface area contributed by atoms with Gasteiger partial charge in [-0.25, -0.2) is 0 Å². The lowest BCUT2D eigenvalue weighted by Gasteiger charge is -2.31. The number of halogens is 2. The van der Waals surface area contributed by atoms with Gasteiger partial charge in [-0.3, -0.25) is 14.5 Å². The van der Waals surface area contributed by atoms with Crippen molar-refractivity contribution in [2.24, 2.45) is 11.7 Å². The van der Waals surface area contributed by atoms with Crippen LogP contribution >= 0.6 is 23.2 Å². The zero-order chi connectivity index (χ0) is 17.7. The highest BCUT2D eigenvalue weighted by molar-refractivity contribution is 6.34. The number of carbonyl (C=O) groups excluding carboxylic acids is 2. The maximum Gasteiger partial charge on any atom is 0.231 e. The maximum atomic E-state index is 12.4. The van der Waals surface area contributed by atoms with Gasteiger partial charge in [-0.05, 0) is 49.7 Å². The molecule has 0 saturated carbocycles. The summed E-state index contributed by atoms with van der Waals surface area (Å²) in [5, 5.41) is 13.3. The SMILES string of the molecule is NC(=O)CN1CCC(C(=O)N[C@H](CO)c2cc(Cl)cc(Cl)c2)CC1. The van der Waals surface area contributed by atoms with Crippen molar-refractivity contribution >= 4 is 35.0 Å². The molecule has 24 heavy (non-hydrogen) atoms. The Bertz CT molecular complexity index is 584. The Kier molecular flexibility index (Phi) is 6.86. The molecule has 1 aliphatic heterocycles. The van der Waals surface area contributed by atoms with E-state index in [0.29, 0.717) is 41.5 Å². The van der Waals surface area contributed by atoms with Gasteiger partial charge in [0.2, 0.25) is 11.8 Å². The first-order valence-electron chi connectivity index (χ1n) is 7.77. The van der Waals surface area contributed by atoms with Crippen LogP contribution in [0.1, 0.15) is 24.4 Å². The van der Waals surface area contributed by atoms with Crippen molar-refractivity contribution in [2.45, 2.75) is 18.9 Å². The van der Waals surface area contributed by atoms with Crippen LogP contribution in [-0.2, 0) is 9.59 Å². The molecule has 1 aliphatic rings. The number of nitrogens with two attached hydrogens (primary N) is 1. The molecule has 1 fully saturated rings. The molecule has 1 aromatic rings. The van der Waals surface area contributed by atoms with E-state index < -0.39 is 6.04 Å². The molecule has 2 rings (SSSR count). The first-order valence-corrected chi connectivity index (χ1v) is 8.52. The number of carbonyl (C=O) groups is 2. The van der Waals surface area contributed by atoms with Crippen molar-refractivity contribution in [1.29, 1.82) is 0 Å². The first-order chi connectivity index (χ1) is 11.4.